The molecule has 1 aromatic carbocycles. The maximum absolute atomic E-state index is 15.5. The Balaban J connectivity index is 2.25. The summed E-state index contributed by atoms with van der Waals surface area (Å²) in [6.45, 7) is 13.7. The molecule has 0 saturated carbocycles. The molecule has 1 unspecified atom stereocenters. The summed E-state index contributed by atoms with van der Waals surface area (Å²) in [6.07, 6.45) is 2.34. The molecule has 7 heteroatoms. The fourth-order valence-electron chi connectivity index (χ4n) is 5.49. The van der Waals surface area contributed by atoms with Gasteiger partial charge in [-0.3, -0.25) is 0 Å². The van der Waals surface area contributed by atoms with Gasteiger partial charge in [-0.25, -0.2) is 9.37 Å². The van der Waals surface area contributed by atoms with Crippen LogP contribution in [0.1, 0.15) is 64.5 Å². The first-order valence-electron chi connectivity index (χ1n) is 10.6. The minimum absolute atomic E-state index is 0.172. The Kier molecular flexibility index (Phi) is 6.75. The number of hydrogen-bond donors (Lipinski definition) is 1. The van der Waals surface area contributed by atoms with E-state index in [1.807, 2.05) is 12.1 Å². The Morgan fingerprint density at radius 3 is 2.26 bits per heavy atom. The van der Waals surface area contributed by atoms with Crippen molar-refractivity contribution >= 4 is 35.1 Å². The summed E-state index contributed by atoms with van der Waals surface area (Å²) in [5.41, 5.74) is 3.05. The minimum Gasteiger partial charge on any atom is -0.384 e. The summed E-state index contributed by atoms with van der Waals surface area (Å²) in [5.74, 6) is -0.471. The average molecular weight is 503 g/mol. The van der Waals surface area contributed by atoms with E-state index in [-0.39, 0.29) is 11.3 Å². The van der Waals surface area contributed by atoms with E-state index < -0.39 is 20.2 Å². The van der Waals surface area contributed by atoms with Crippen LogP contribution in [-0.2, 0) is 0 Å². The van der Waals surface area contributed by atoms with Gasteiger partial charge in [-0.2, -0.15) is 5.26 Å². The first-order chi connectivity index (χ1) is 14.6. The van der Waals surface area contributed by atoms with E-state index in [4.69, 9.17) is 5.26 Å². The van der Waals surface area contributed by atoms with Crippen molar-refractivity contribution in [3.8, 4) is 6.07 Å². The predicted molar refractivity (Wildman–Crippen MR) is 129 cm³/mol. The molecule has 2 aromatic heterocycles. The maximum Gasteiger partial charge on any atom is 0.169 e. The zero-order valence-corrected chi connectivity index (χ0v) is 21.4. The number of benzene rings is 1. The van der Waals surface area contributed by atoms with Crippen molar-refractivity contribution in [3.05, 3.63) is 63.8 Å². The van der Waals surface area contributed by atoms with Crippen LogP contribution in [0.25, 0.3) is 10.9 Å². The van der Waals surface area contributed by atoms with Crippen molar-refractivity contribution in [2.24, 2.45) is 0 Å². The first kappa shape index (κ1) is 23.6. The summed E-state index contributed by atoms with van der Waals surface area (Å²) in [7, 11) is -2.06. The van der Waals surface area contributed by atoms with E-state index in [0.717, 1.165) is 10.9 Å². The fraction of sp³-hybridized carbons (Fsp3) is 0.417. The highest BCUT2D eigenvalue weighted by atomic mass is 79.9. The molecule has 0 bridgehead atoms. The zero-order valence-electron chi connectivity index (χ0n) is 18.8. The number of aliphatic hydroxyl groups is 1. The Labute approximate surface area is 193 Å². The van der Waals surface area contributed by atoms with Crippen LogP contribution < -0.4 is 0 Å². The number of rotatable bonds is 6. The molecule has 1 N–H and O–H groups in total. The molecule has 0 aliphatic rings. The van der Waals surface area contributed by atoms with Crippen molar-refractivity contribution in [1.29, 1.82) is 5.26 Å². The van der Waals surface area contributed by atoms with Gasteiger partial charge in [0.2, 0.25) is 0 Å². The molecule has 4 nitrogen and oxygen atoms in total. The van der Waals surface area contributed by atoms with Gasteiger partial charge >= 0.3 is 0 Å². The molecule has 0 amide bonds. The molecular weight excluding hydrogens is 473 g/mol. The van der Waals surface area contributed by atoms with Gasteiger partial charge in [-0.05, 0) is 68.6 Å². The van der Waals surface area contributed by atoms with Crippen LogP contribution in [0.5, 0.6) is 0 Å². The number of nitrogens with zero attached hydrogens (tertiary/aromatic N) is 3. The van der Waals surface area contributed by atoms with Gasteiger partial charge in [0.1, 0.15) is 23.7 Å². The molecular formula is C24H29BrFN3OSi. The lowest BCUT2D eigenvalue weighted by molar-refractivity contribution is 0.214. The number of pyridine rings is 1. The third-order valence-electron chi connectivity index (χ3n) is 6.60. The number of fused-ring (bicyclic) bond motifs is 1. The maximum atomic E-state index is 15.5. The Morgan fingerprint density at radius 2 is 1.71 bits per heavy atom. The lowest BCUT2D eigenvalue weighted by atomic mass is 10.00. The molecule has 0 spiro atoms. The van der Waals surface area contributed by atoms with E-state index in [1.165, 1.54) is 12.3 Å². The number of aromatic nitrogens is 2. The average Bonchev–Trinajstić information content (AvgIpc) is 3.11. The van der Waals surface area contributed by atoms with E-state index in [0.29, 0.717) is 26.7 Å². The number of aliphatic hydroxyl groups excluding tert-OH is 1. The van der Waals surface area contributed by atoms with Crippen LogP contribution in [-0.4, -0.2) is 22.6 Å². The largest absolute Gasteiger partial charge is 0.384 e. The highest BCUT2D eigenvalue weighted by molar-refractivity contribution is 9.10. The smallest absolute Gasteiger partial charge is 0.169 e. The molecule has 0 aliphatic heterocycles. The molecule has 1 atom stereocenters. The van der Waals surface area contributed by atoms with Crippen molar-refractivity contribution < 1.29 is 9.50 Å². The van der Waals surface area contributed by atoms with Crippen molar-refractivity contribution in [2.45, 2.75) is 64.3 Å². The second kappa shape index (κ2) is 8.85. The van der Waals surface area contributed by atoms with Gasteiger partial charge in [-0.15, -0.1) is 0 Å². The van der Waals surface area contributed by atoms with Gasteiger partial charge in [0, 0.05) is 27.1 Å². The quantitative estimate of drug-likeness (QED) is 0.373. The van der Waals surface area contributed by atoms with E-state index >= 15 is 4.39 Å². The molecule has 0 saturated heterocycles. The second-order valence-corrected chi connectivity index (χ2v) is 15.6. The predicted octanol–water partition coefficient (Wildman–Crippen LogP) is 6.91. The topological polar surface area (TPSA) is 61.8 Å². The third kappa shape index (κ3) is 3.75. The molecule has 2 heterocycles. The van der Waals surface area contributed by atoms with Crippen LogP contribution in [0.2, 0.25) is 16.6 Å². The summed E-state index contributed by atoms with van der Waals surface area (Å²) >= 11 is 3.58. The lowest BCUT2D eigenvalue weighted by Crippen LogP contribution is -2.51. The van der Waals surface area contributed by atoms with Gasteiger partial charge in [0.05, 0.1) is 0 Å². The molecule has 31 heavy (non-hydrogen) atoms. The van der Waals surface area contributed by atoms with E-state index in [9.17, 15) is 5.11 Å². The monoisotopic (exact) mass is 501 g/mol. The van der Waals surface area contributed by atoms with Crippen molar-refractivity contribution in [2.75, 3.05) is 0 Å². The lowest BCUT2D eigenvalue weighted by Gasteiger charge is -2.44. The van der Waals surface area contributed by atoms with E-state index in [1.54, 1.807) is 12.1 Å². The molecule has 3 rings (SSSR count). The highest BCUT2D eigenvalue weighted by Crippen LogP contribution is 2.46. The number of hydrogen-bond acceptors (Lipinski definition) is 3. The van der Waals surface area contributed by atoms with Crippen molar-refractivity contribution in [3.63, 3.8) is 0 Å². The Bertz CT molecular complexity index is 1130. The SMILES string of the molecule is CC(C)[Si](C(C)C)(C(C)C)n1ccc2c(Br)c(C(O)c3ccnc(C#N)c3)c(F)cc21. The van der Waals surface area contributed by atoms with Crippen molar-refractivity contribution in [1.82, 2.24) is 9.22 Å². The minimum atomic E-state index is -2.06. The summed E-state index contributed by atoms with van der Waals surface area (Å²) in [6, 6.07) is 8.61. The van der Waals surface area contributed by atoms with Gasteiger partial charge in [0.25, 0.3) is 0 Å². The van der Waals surface area contributed by atoms with Gasteiger partial charge in [0.15, 0.2) is 8.24 Å². The van der Waals surface area contributed by atoms with Crippen LogP contribution in [0, 0.1) is 17.1 Å². The Morgan fingerprint density at radius 1 is 1.10 bits per heavy atom. The van der Waals surface area contributed by atoms with Crippen LogP contribution >= 0.6 is 15.9 Å². The summed E-state index contributed by atoms with van der Waals surface area (Å²) < 4.78 is 18.4. The summed E-state index contributed by atoms with van der Waals surface area (Å²) in [5, 5.41) is 20.9. The number of nitriles is 1. The fourth-order valence-corrected chi connectivity index (χ4v) is 12.8. The molecule has 0 aliphatic carbocycles. The molecule has 3 aromatic rings. The van der Waals surface area contributed by atoms with Crippen LogP contribution in [0.3, 0.4) is 0 Å². The third-order valence-corrected chi connectivity index (χ3v) is 14.2. The second-order valence-electron chi connectivity index (χ2n) is 9.04. The van der Waals surface area contributed by atoms with Crippen LogP contribution in [0.4, 0.5) is 4.39 Å². The van der Waals surface area contributed by atoms with Gasteiger partial charge in [-0.1, -0.05) is 41.5 Å². The van der Waals surface area contributed by atoms with E-state index in [2.05, 4.69) is 72.9 Å². The zero-order chi connectivity index (χ0) is 23.1. The van der Waals surface area contributed by atoms with Gasteiger partial charge < -0.3 is 9.34 Å². The molecule has 164 valence electrons. The molecule has 0 radical (unpaired) electrons. The highest BCUT2D eigenvalue weighted by Gasteiger charge is 2.45. The van der Waals surface area contributed by atoms with Crippen LogP contribution in [0.15, 0.2) is 41.1 Å². The normalized spacial score (nSPS) is 13.4. The Hall–Kier alpha value is -2.01. The molecule has 0 fully saturated rings. The summed E-state index contributed by atoms with van der Waals surface area (Å²) in [4.78, 5) is 3.93. The standard InChI is InChI=1S/C24H29BrFN3OSi/c1-14(2)31(15(3)4,16(5)6)29-10-8-19-21(29)12-20(26)22(23(19)25)24(30)17-7-9-28-18(11-17)13-27/h7-12,14-16,24,30H,1-6H3. The first-order valence-corrected chi connectivity index (χ1v) is 13.6. The number of halogens is 2.